The van der Waals surface area contributed by atoms with E-state index in [1.54, 1.807) is 17.0 Å². The monoisotopic (exact) mass is 731 g/mol. The summed E-state index contributed by atoms with van der Waals surface area (Å²) < 4.78 is 21.8. The summed E-state index contributed by atoms with van der Waals surface area (Å²) in [6.45, 7) is 5.47. The SMILES string of the molecule is O=C1CCC(N2C[C@H](c3ccc(CN4CCN(c5cccc(-c6cnc7ccc(N8CCC[C@@H]8c8cccc(F)c8)nn67)n5)CC4)cc3)OC2O)C(=O)N1. The number of rotatable bonds is 8. The number of aromatic nitrogens is 4. The number of nitrogens with zero attached hydrogens (tertiary/aromatic N) is 8. The molecule has 7 heterocycles. The van der Waals surface area contributed by atoms with Gasteiger partial charge in [-0.05, 0) is 72.4 Å². The van der Waals surface area contributed by atoms with Crippen molar-refractivity contribution in [2.45, 2.75) is 56.8 Å². The van der Waals surface area contributed by atoms with Gasteiger partial charge in [-0.25, -0.2) is 23.8 Å². The lowest BCUT2D eigenvalue weighted by Gasteiger charge is -2.35. The highest BCUT2D eigenvalue weighted by Gasteiger charge is 2.42. The molecule has 0 aliphatic carbocycles. The van der Waals surface area contributed by atoms with Crippen molar-refractivity contribution in [3.63, 3.8) is 0 Å². The number of hydrogen-bond donors (Lipinski definition) is 2. The molecule has 0 saturated carbocycles. The van der Waals surface area contributed by atoms with Crippen LogP contribution in [0.25, 0.3) is 17.0 Å². The highest BCUT2D eigenvalue weighted by atomic mass is 19.1. The summed E-state index contributed by atoms with van der Waals surface area (Å²) >= 11 is 0. The van der Waals surface area contributed by atoms with E-state index in [1.165, 1.54) is 11.6 Å². The van der Waals surface area contributed by atoms with Crippen molar-refractivity contribution >= 4 is 29.1 Å². The van der Waals surface area contributed by atoms with Crippen LogP contribution in [0.3, 0.4) is 0 Å². The molecule has 0 spiro atoms. The molecule has 278 valence electrons. The number of imide groups is 1. The Morgan fingerprint density at radius 2 is 1.70 bits per heavy atom. The van der Waals surface area contributed by atoms with Crippen LogP contribution in [0.1, 0.15) is 54.5 Å². The van der Waals surface area contributed by atoms with E-state index in [-0.39, 0.29) is 36.2 Å². The molecular formula is C40H42FN9O4. The van der Waals surface area contributed by atoms with Crippen LogP contribution in [0.4, 0.5) is 16.0 Å². The average molecular weight is 732 g/mol. The number of ether oxygens (including phenoxy) is 1. The lowest BCUT2D eigenvalue weighted by molar-refractivity contribution is -0.170. The van der Waals surface area contributed by atoms with Gasteiger partial charge in [0.15, 0.2) is 5.65 Å². The van der Waals surface area contributed by atoms with Crippen molar-refractivity contribution in [3.05, 3.63) is 108 Å². The highest BCUT2D eigenvalue weighted by molar-refractivity contribution is 6.00. The minimum absolute atomic E-state index is 0.0682. The van der Waals surface area contributed by atoms with Gasteiger partial charge in [-0.3, -0.25) is 19.8 Å². The van der Waals surface area contributed by atoms with Gasteiger partial charge < -0.3 is 19.6 Å². The molecule has 4 saturated heterocycles. The number of anilines is 2. The second-order valence-corrected chi connectivity index (χ2v) is 14.5. The van der Waals surface area contributed by atoms with E-state index in [0.717, 1.165) is 91.9 Å². The number of fused-ring (bicyclic) bond motifs is 1. The molecule has 0 radical (unpaired) electrons. The first kappa shape index (κ1) is 34.5. The zero-order valence-corrected chi connectivity index (χ0v) is 29.8. The second kappa shape index (κ2) is 14.5. The normalized spacial score (nSPS) is 24.1. The van der Waals surface area contributed by atoms with Gasteiger partial charge in [0.1, 0.15) is 23.1 Å². The van der Waals surface area contributed by atoms with E-state index in [2.05, 4.69) is 43.2 Å². The number of pyridine rings is 1. The lowest BCUT2D eigenvalue weighted by Crippen LogP contribution is -2.54. The first-order chi connectivity index (χ1) is 26.4. The van der Waals surface area contributed by atoms with Crippen LogP contribution in [0.15, 0.2) is 85.1 Å². The van der Waals surface area contributed by atoms with Gasteiger partial charge in [-0.1, -0.05) is 42.5 Å². The Hall–Kier alpha value is -5.28. The van der Waals surface area contributed by atoms with Crippen LogP contribution in [-0.4, -0.2) is 98.0 Å². The van der Waals surface area contributed by atoms with Gasteiger partial charge in [0.05, 0.1) is 30.1 Å². The number of benzene rings is 2. The Kier molecular flexibility index (Phi) is 9.27. The van der Waals surface area contributed by atoms with Crippen LogP contribution in [-0.2, 0) is 20.9 Å². The smallest absolute Gasteiger partial charge is 0.244 e. The first-order valence-corrected chi connectivity index (χ1v) is 18.7. The number of halogens is 1. The number of imidazole rings is 1. The van der Waals surface area contributed by atoms with Crippen molar-refractivity contribution in [3.8, 4) is 11.4 Å². The molecule has 0 bridgehead atoms. The fraction of sp³-hybridized carbons (Fsp3) is 0.375. The average Bonchev–Trinajstić information content (AvgIpc) is 3.94. The summed E-state index contributed by atoms with van der Waals surface area (Å²) in [5.74, 6) is 0.854. The Morgan fingerprint density at radius 1 is 0.870 bits per heavy atom. The Morgan fingerprint density at radius 3 is 2.52 bits per heavy atom. The van der Waals surface area contributed by atoms with Crippen LogP contribution in [0, 0.1) is 5.82 Å². The molecule has 2 unspecified atom stereocenters. The first-order valence-electron chi connectivity index (χ1n) is 18.7. The van der Waals surface area contributed by atoms with Crippen molar-refractivity contribution in [1.29, 1.82) is 0 Å². The molecule has 13 nitrogen and oxygen atoms in total. The molecule has 4 atom stereocenters. The van der Waals surface area contributed by atoms with E-state index < -0.39 is 12.5 Å². The number of piperidine rings is 1. The van der Waals surface area contributed by atoms with Crippen molar-refractivity contribution in [2.75, 3.05) is 49.1 Å². The molecular weight excluding hydrogens is 689 g/mol. The van der Waals surface area contributed by atoms with E-state index in [1.807, 2.05) is 53.2 Å². The minimum Gasteiger partial charge on any atom is -0.356 e. The molecule has 4 aliphatic rings. The van der Waals surface area contributed by atoms with Gasteiger partial charge in [-0.2, -0.15) is 0 Å². The number of piperazine rings is 1. The molecule has 3 aromatic heterocycles. The van der Waals surface area contributed by atoms with Gasteiger partial charge in [0, 0.05) is 52.2 Å². The summed E-state index contributed by atoms with van der Waals surface area (Å²) in [4.78, 5) is 42.2. The van der Waals surface area contributed by atoms with Crippen molar-refractivity contribution < 1.29 is 23.8 Å². The number of amides is 2. The maximum atomic E-state index is 14.1. The van der Waals surface area contributed by atoms with E-state index >= 15 is 0 Å². The van der Waals surface area contributed by atoms with Gasteiger partial charge in [0.2, 0.25) is 18.2 Å². The van der Waals surface area contributed by atoms with Gasteiger partial charge >= 0.3 is 0 Å². The standard InChI is InChI=1S/C40H42FN9O4/c41-29-5-1-4-28(22-29)31-7-3-17-48(31)37-15-14-35-42-23-33(50(35)45-37)30-6-2-8-36(43-30)47-20-18-46(19-21-47)24-26-9-11-27(12-10-26)34-25-49(40(53)54-34)32-13-16-38(51)44-39(32)52/h1-2,4-6,8-12,14-15,22-23,31-32,34,40,53H,3,7,13,16-21,24-25H2,(H,44,51,52)/t31-,32?,34-,40?/m1/s1. The quantitative estimate of drug-likeness (QED) is 0.224. The maximum absolute atomic E-state index is 14.1. The summed E-state index contributed by atoms with van der Waals surface area (Å²) in [5.41, 5.74) is 5.44. The molecule has 9 rings (SSSR count). The number of aliphatic hydroxyl groups is 1. The number of nitrogens with one attached hydrogen (secondary N) is 1. The Labute approximate surface area is 312 Å². The summed E-state index contributed by atoms with van der Waals surface area (Å²) in [7, 11) is 0. The molecule has 2 aromatic carbocycles. The number of carbonyl (C=O) groups is 2. The maximum Gasteiger partial charge on any atom is 0.244 e. The fourth-order valence-electron chi connectivity index (χ4n) is 8.28. The zero-order chi connectivity index (χ0) is 36.8. The number of carbonyl (C=O) groups excluding carboxylic acids is 2. The molecule has 4 fully saturated rings. The summed E-state index contributed by atoms with van der Waals surface area (Å²) in [5, 5.41) is 17.9. The van der Waals surface area contributed by atoms with Gasteiger partial charge in [0.25, 0.3) is 0 Å². The van der Waals surface area contributed by atoms with Crippen LogP contribution >= 0.6 is 0 Å². The molecule has 4 aliphatic heterocycles. The van der Waals surface area contributed by atoms with Crippen molar-refractivity contribution in [1.82, 2.24) is 34.7 Å². The second-order valence-electron chi connectivity index (χ2n) is 14.5. The fourth-order valence-corrected chi connectivity index (χ4v) is 8.28. The third kappa shape index (κ3) is 6.81. The van der Waals surface area contributed by atoms with Crippen LogP contribution < -0.4 is 15.1 Å². The minimum atomic E-state index is -1.20. The third-order valence-corrected chi connectivity index (χ3v) is 11.1. The molecule has 54 heavy (non-hydrogen) atoms. The largest absolute Gasteiger partial charge is 0.356 e. The third-order valence-electron chi connectivity index (χ3n) is 11.1. The Bertz CT molecular complexity index is 2170. The number of aliphatic hydroxyl groups excluding tert-OH is 1. The van der Waals surface area contributed by atoms with E-state index in [0.29, 0.717) is 13.0 Å². The molecule has 14 heteroatoms. The lowest BCUT2D eigenvalue weighted by atomic mass is 10.0. The molecule has 2 amide bonds. The Balaban J connectivity index is 0.826. The summed E-state index contributed by atoms with van der Waals surface area (Å²) in [6, 6.07) is 24.6. The predicted molar refractivity (Wildman–Crippen MR) is 199 cm³/mol. The zero-order valence-electron chi connectivity index (χ0n) is 29.8. The van der Waals surface area contributed by atoms with E-state index in [4.69, 9.17) is 14.8 Å². The van der Waals surface area contributed by atoms with E-state index in [9.17, 15) is 19.1 Å². The molecule has 5 aromatic rings. The van der Waals surface area contributed by atoms with Crippen LogP contribution in [0.2, 0.25) is 0 Å². The molecule has 2 N–H and O–H groups in total. The van der Waals surface area contributed by atoms with Gasteiger partial charge in [-0.15, -0.1) is 5.10 Å². The predicted octanol–water partition coefficient (Wildman–Crippen LogP) is 4.05. The number of hydrogen-bond acceptors (Lipinski definition) is 11. The topological polar surface area (TPSA) is 132 Å². The van der Waals surface area contributed by atoms with Crippen molar-refractivity contribution in [2.24, 2.45) is 0 Å². The van der Waals surface area contributed by atoms with Crippen LogP contribution in [0.5, 0.6) is 0 Å². The summed E-state index contributed by atoms with van der Waals surface area (Å²) in [6.07, 6.45) is 2.83. The highest BCUT2D eigenvalue weighted by Crippen LogP contribution is 2.36.